The zero-order chi connectivity index (χ0) is 15.1. The standard InChI is InChI=1S/C18H15NO3/c1-12(20)15-7-14-8-17-18(22-11-21-17)9-16(14)19(15)10-13-5-3-2-4-6-13/h2-9H,10-11H2,1H3. The lowest BCUT2D eigenvalue weighted by atomic mass is 10.2. The summed E-state index contributed by atoms with van der Waals surface area (Å²) in [7, 11) is 0. The van der Waals surface area contributed by atoms with Gasteiger partial charge < -0.3 is 14.0 Å². The molecule has 0 N–H and O–H groups in total. The van der Waals surface area contributed by atoms with Crippen LogP contribution in [0.3, 0.4) is 0 Å². The lowest BCUT2D eigenvalue weighted by molar-refractivity contribution is 0.101. The molecule has 1 aromatic heterocycles. The lowest BCUT2D eigenvalue weighted by Gasteiger charge is -2.09. The Morgan fingerprint density at radius 2 is 1.82 bits per heavy atom. The number of Topliss-reactive ketones (excluding diaryl/α,β-unsaturated/α-hetero) is 1. The summed E-state index contributed by atoms with van der Waals surface area (Å²) in [5.41, 5.74) is 2.83. The molecule has 0 amide bonds. The number of benzene rings is 2. The van der Waals surface area contributed by atoms with Crippen LogP contribution in [0.1, 0.15) is 23.0 Å². The summed E-state index contributed by atoms with van der Waals surface area (Å²) in [5.74, 6) is 1.52. The van der Waals surface area contributed by atoms with Gasteiger partial charge in [-0.15, -0.1) is 0 Å². The smallest absolute Gasteiger partial charge is 0.231 e. The fourth-order valence-corrected chi connectivity index (χ4v) is 2.88. The molecule has 4 rings (SSSR count). The fraction of sp³-hybridized carbons (Fsp3) is 0.167. The third kappa shape index (κ3) is 2.04. The number of hydrogen-bond acceptors (Lipinski definition) is 3. The first-order valence-electron chi connectivity index (χ1n) is 7.20. The number of fused-ring (bicyclic) bond motifs is 2. The number of nitrogens with zero attached hydrogens (tertiary/aromatic N) is 1. The number of ether oxygens (including phenoxy) is 2. The van der Waals surface area contributed by atoms with E-state index in [0.717, 1.165) is 28.0 Å². The highest BCUT2D eigenvalue weighted by Gasteiger charge is 2.19. The third-order valence-corrected chi connectivity index (χ3v) is 3.94. The van der Waals surface area contributed by atoms with E-state index in [1.807, 2.05) is 41.0 Å². The van der Waals surface area contributed by atoms with Crippen molar-refractivity contribution >= 4 is 16.7 Å². The topological polar surface area (TPSA) is 40.5 Å². The molecule has 0 radical (unpaired) electrons. The Kier molecular flexibility index (Phi) is 2.89. The summed E-state index contributed by atoms with van der Waals surface area (Å²) in [6, 6.07) is 15.9. The molecule has 1 aliphatic heterocycles. The molecule has 2 heterocycles. The highest BCUT2D eigenvalue weighted by molar-refractivity contribution is 5.99. The average Bonchev–Trinajstić information content (AvgIpc) is 3.10. The van der Waals surface area contributed by atoms with Crippen LogP contribution in [-0.4, -0.2) is 17.1 Å². The summed E-state index contributed by atoms with van der Waals surface area (Å²) >= 11 is 0. The van der Waals surface area contributed by atoms with Crippen LogP contribution in [0.4, 0.5) is 0 Å². The number of hydrogen-bond donors (Lipinski definition) is 0. The number of carbonyl (C=O) groups is 1. The Bertz CT molecular complexity index is 865. The maximum absolute atomic E-state index is 12.0. The minimum Gasteiger partial charge on any atom is -0.454 e. The van der Waals surface area contributed by atoms with Crippen molar-refractivity contribution in [3.05, 3.63) is 59.8 Å². The van der Waals surface area contributed by atoms with Crippen LogP contribution in [0.25, 0.3) is 10.9 Å². The van der Waals surface area contributed by atoms with E-state index in [-0.39, 0.29) is 12.6 Å². The van der Waals surface area contributed by atoms with Crippen molar-refractivity contribution in [2.75, 3.05) is 6.79 Å². The Morgan fingerprint density at radius 3 is 2.55 bits per heavy atom. The van der Waals surface area contributed by atoms with Crippen LogP contribution in [-0.2, 0) is 6.54 Å². The molecule has 110 valence electrons. The second-order valence-corrected chi connectivity index (χ2v) is 5.42. The van der Waals surface area contributed by atoms with Crippen LogP contribution in [0.2, 0.25) is 0 Å². The zero-order valence-corrected chi connectivity index (χ0v) is 12.2. The SMILES string of the molecule is CC(=O)c1cc2cc3c(cc2n1Cc1ccccc1)OCO3. The maximum Gasteiger partial charge on any atom is 0.231 e. The van der Waals surface area contributed by atoms with E-state index in [1.54, 1.807) is 6.92 Å². The molecule has 22 heavy (non-hydrogen) atoms. The summed E-state index contributed by atoms with van der Waals surface area (Å²) in [6.07, 6.45) is 0. The van der Waals surface area contributed by atoms with Crippen LogP contribution < -0.4 is 9.47 Å². The van der Waals surface area contributed by atoms with Crippen molar-refractivity contribution in [1.29, 1.82) is 0 Å². The summed E-state index contributed by atoms with van der Waals surface area (Å²) in [4.78, 5) is 12.0. The van der Waals surface area contributed by atoms with Gasteiger partial charge in [0.05, 0.1) is 11.2 Å². The maximum atomic E-state index is 12.0. The van der Waals surface area contributed by atoms with E-state index < -0.39 is 0 Å². The molecule has 0 unspecified atom stereocenters. The predicted molar refractivity (Wildman–Crippen MR) is 83.6 cm³/mol. The first-order valence-corrected chi connectivity index (χ1v) is 7.20. The minimum absolute atomic E-state index is 0.0501. The van der Waals surface area contributed by atoms with E-state index in [0.29, 0.717) is 12.2 Å². The van der Waals surface area contributed by atoms with Gasteiger partial charge in [0.15, 0.2) is 17.3 Å². The van der Waals surface area contributed by atoms with Gasteiger partial charge in [0.2, 0.25) is 6.79 Å². The quantitative estimate of drug-likeness (QED) is 0.692. The Labute approximate surface area is 127 Å². The van der Waals surface area contributed by atoms with E-state index in [2.05, 4.69) is 12.1 Å². The number of ketones is 1. The van der Waals surface area contributed by atoms with Crippen LogP contribution in [0.15, 0.2) is 48.5 Å². The average molecular weight is 293 g/mol. The van der Waals surface area contributed by atoms with Crippen molar-refractivity contribution in [2.24, 2.45) is 0 Å². The lowest BCUT2D eigenvalue weighted by Crippen LogP contribution is -2.07. The van der Waals surface area contributed by atoms with Gasteiger partial charge in [-0.3, -0.25) is 4.79 Å². The Morgan fingerprint density at radius 1 is 1.09 bits per heavy atom. The molecule has 0 bridgehead atoms. The molecule has 3 aromatic rings. The second-order valence-electron chi connectivity index (χ2n) is 5.42. The predicted octanol–water partition coefficient (Wildman–Crippen LogP) is 3.62. The largest absolute Gasteiger partial charge is 0.454 e. The monoisotopic (exact) mass is 293 g/mol. The second kappa shape index (κ2) is 4.91. The van der Waals surface area contributed by atoms with E-state index in [9.17, 15) is 4.79 Å². The molecular weight excluding hydrogens is 278 g/mol. The first-order chi connectivity index (χ1) is 10.7. The van der Waals surface area contributed by atoms with Crippen molar-refractivity contribution in [2.45, 2.75) is 13.5 Å². The fourth-order valence-electron chi connectivity index (χ4n) is 2.88. The van der Waals surface area contributed by atoms with Crippen molar-refractivity contribution < 1.29 is 14.3 Å². The summed E-state index contributed by atoms with van der Waals surface area (Å²) in [6.45, 7) is 2.50. The first kappa shape index (κ1) is 13.0. The molecule has 2 aromatic carbocycles. The molecule has 0 fully saturated rings. The summed E-state index contributed by atoms with van der Waals surface area (Å²) in [5, 5.41) is 0.991. The molecule has 4 heteroatoms. The summed E-state index contributed by atoms with van der Waals surface area (Å²) < 4.78 is 12.9. The highest BCUT2D eigenvalue weighted by Crippen LogP contribution is 2.37. The molecule has 1 aliphatic rings. The molecule has 0 saturated heterocycles. The number of carbonyl (C=O) groups excluding carboxylic acids is 1. The van der Waals surface area contributed by atoms with Gasteiger partial charge in [-0.1, -0.05) is 30.3 Å². The van der Waals surface area contributed by atoms with Gasteiger partial charge in [-0.25, -0.2) is 0 Å². The normalized spacial score (nSPS) is 12.8. The van der Waals surface area contributed by atoms with Gasteiger partial charge >= 0.3 is 0 Å². The van der Waals surface area contributed by atoms with Crippen LogP contribution in [0, 0.1) is 0 Å². The van der Waals surface area contributed by atoms with E-state index >= 15 is 0 Å². The van der Waals surface area contributed by atoms with Crippen molar-refractivity contribution in [1.82, 2.24) is 4.57 Å². The van der Waals surface area contributed by atoms with Crippen LogP contribution in [0.5, 0.6) is 11.5 Å². The number of aromatic nitrogens is 1. The molecule has 0 aliphatic carbocycles. The van der Waals surface area contributed by atoms with E-state index in [4.69, 9.17) is 9.47 Å². The highest BCUT2D eigenvalue weighted by atomic mass is 16.7. The van der Waals surface area contributed by atoms with Crippen molar-refractivity contribution in [3.8, 4) is 11.5 Å². The van der Waals surface area contributed by atoms with Gasteiger partial charge in [0.25, 0.3) is 0 Å². The minimum atomic E-state index is 0.0501. The zero-order valence-electron chi connectivity index (χ0n) is 12.2. The van der Waals surface area contributed by atoms with Crippen LogP contribution >= 0.6 is 0 Å². The molecule has 0 spiro atoms. The Hall–Kier alpha value is -2.75. The van der Waals surface area contributed by atoms with Crippen molar-refractivity contribution in [3.63, 3.8) is 0 Å². The molecule has 4 nitrogen and oxygen atoms in total. The van der Waals surface area contributed by atoms with E-state index in [1.165, 1.54) is 0 Å². The Balaban J connectivity index is 1.90. The van der Waals surface area contributed by atoms with Gasteiger partial charge in [-0.05, 0) is 17.7 Å². The number of rotatable bonds is 3. The van der Waals surface area contributed by atoms with Gasteiger partial charge in [0, 0.05) is 24.9 Å². The molecule has 0 atom stereocenters. The third-order valence-electron chi connectivity index (χ3n) is 3.94. The van der Waals surface area contributed by atoms with Gasteiger partial charge in [-0.2, -0.15) is 0 Å². The van der Waals surface area contributed by atoms with Gasteiger partial charge in [0.1, 0.15) is 0 Å². The molecular formula is C18H15NO3. The molecule has 0 saturated carbocycles.